The highest BCUT2D eigenvalue weighted by molar-refractivity contribution is 5.86. The molecular formula is C24H26N2O. The molecule has 0 spiro atoms. The molecule has 1 N–H and O–H groups in total. The molecule has 0 radical (unpaired) electrons. The van der Waals surface area contributed by atoms with Crippen LogP contribution in [0.2, 0.25) is 0 Å². The van der Waals surface area contributed by atoms with Gasteiger partial charge in [-0.3, -0.25) is 4.90 Å². The van der Waals surface area contributed by atoms with E-state index in [4.69, 9.17) is 0 Å². The summed E-state index contributed by atoms with van der Waals surface area (Å²) < 4.78 is 2.39. The summed E-state index contributed by atoms with van der Waals surface area (Å²) in [6.07, 6.45) is 3.82. The lowest BCUT2D eigenvalue weighted by Crippen LogP contribution is -2.48. The predicted molar refractivity (Wildman–Crippen MR) is 110 cm³/mol. The number of para-hydroxylation sites is 1. The maximum absolute atomic E-state index is 10.4. The SMILES string of the molecule is CC(O)C1=CC[C@H]2c3c(c4ccccc4n3C)C[C@@H]1N2Cc1ccccc1. The van der Waals surface area contributed by atoms with Crippen molar-refractivity contribution >= 4 is 10.9 Å². The molecule has 0 saturated carbocycles. The minimum Gasteiger partial charge on any atom is -0.389 e. The van der Waals surface area contributed by atoms with Crippen LogP contribution in [0.15, 0.2) is 66.2 Å². The zero-order valence-electron chi connectivity index (χ0n) is 16.0. The van der Waals surface area contributed by atoms with Crippen LogP contribution in [0.1, 0.15) is 36.2 Å². The second kappa shape index (κ2) is 6.36. The summed E-state index contributed by atoms with van der Waals surface area (Å²) >= 11 is 0. The predicted octanol–water partition coefficient (Wildman–Crippen LogP) is 4.36. The smallest absolute Gasteiger partial charge is 0.0737 e. The molecule has 3 nitrogen and oxygen atoms in total. The Balaban J connectivity index is 1.66. The molecule has 2 bridgehead atoms. The molecule has 1 aromatic heterocycles. The maximum Gasteiger partial charge on any atom is 0.0737 e. The highest BCUT2D eigenvalue weighted by Crippen LogP contribution is 2.46. The van der Waals surface area contributed by atoms with Gasteiger partial charge in [0, 0.05) is 36.2 Å². The van der Waals surface area contributed by atoms with E-state index in [9.17, 15) is 5.11 Å². The second-order valence-electron chi connectivity index (χ2n) is 7.95. The number of fused-ring (bicyclic) bond motifs is 6. The molecule has 3 heteroatoms. The van der Waals surface area contributed by atoms with Gasteiger partial charge in [0.25, 0.3) is 0 Å². The van der Waals surface area contributed by atoms with Crippen molar-refractivity contribution in [3.8, 4) is 0 Å². The Morgan fingerprint density at radius 1 is 1.04 bits per heavy atom. The monoisotopic (exact) mass is 358 g/mol. The van der Waals surface area contributed by atoms with E-state index in [1.807, 2.05) is 6.92 Å². The molecule has 0 fully saturated rings. The van der Waals surface area contributed by atoms with Gasteiger partial charge in [0.15, 0.2) is 0 Å². The van der Waals surface area contributed by atoms with Crippen LogP contribution in [0.4, 0.5) is 0 Å². The molecule has 0 amide bonds. The number of hydrogen-bond acceptors (Lipinski definition) is 2. The van der Waals surface area contributed by atoms with Crippen LogP contribution in [0.5, 0.6) is 0 Å². The number of aliphatic hydroxyl groups is 1. The molecule has 0 saturated heterocycles. The molecule has 2 aromatic carbocycles. The minimum absolute atomic E-state index is 0.266. The van der Waals surface area contributed by atoms with E-state index < -0.39 is 6.10 Å². The number of hydrogen-bond donors (Lipinski definition) is 1. The number of aromatic nitrogens is 1. The Hall–Kier alpha value is -2.36. The number of rotatable bonds is 3. The first-order valence-corrected chi connectivity index (χ1v) is 9.89. The summed E-state index contributed by atoms with van der Waals surface area (Å²) in [6, 6.07) is 20.1. The number of nitrogens with zero attached hydrogens (tertiary/aromatic N) is 2. The van der Waals surface area contributed by atoms with Crippen molar-refractivity contribution < 1.29 is 5.11 Å². The molecular weight excluding hydrogens is 332 g/mol. The van der Waals surface area contributed by atoms with E-state index in [2.05, 4.69) is 77.2 Å². The zero-order valence-corrected chi connectivity index (χ0v) is 16.0. The van der Waals surface area contributed by atoms with Gasteiger partial charge in [-0.05, 0) is 42.5 Å². The van der Waals surface area contributed by atoms with Crippen molar-refractivity contribution in [1.29, 1.82) is 0 Å². The first kappa shape index (κ1) is 16.8. The van der Waals surface area contributed by atoms with E-state index >= 15 is 0 Å². The molecule has 5 rings (SSSR count). The molecule has 0 aliphatic carbocycles. The molecule has 2 aliphatic rings. The van der Waals surface area contributed by atoms with E-state index in [1.165, 1.54) is 33.3 Å². The summed E-state index contributed by atoms with van der Waals surface area (Å²) in [5.41, 5.74) is 6.75. The van der Waals surface area contributed by atoms with Crippen LogP contribution >= 0.6 is 0 Å². The molecule has 3 atom stereocenters. The van der Waals surface area contributed by atoms with E-state index in [0.717, 1.165) is 19.4 Å². The third-order valence-corrected chi connectivity index (χ3v) is 6.43. The van der Waals surface area contributed by atoms with Crippen molar-refractivity contribution in [3.05, 3.63) is 83.1 Å². The van der Waals surface area contributed by atoms with Gasteiger partial charge in [0.05, 0.1) is 12.1 Å². The van der Waals surface area contributed by atoms with Gasteiger partial charge in [0.2, 0.25) is 0 Å². The first-order chi connectivity index (χ1) is 13.1. The average molecular weight is 358 g/mol. The van der Waals surface area contributed by atoms with Gasteiger partial charge >= 0.3 is 0 Å². The van der Waals surface area contributed by atoms with Crippen LogP contribution in [0.25, 0.3) is 10.9 Å². The van der Waals surface area contributed by atoms with Gasteiger partial charge in [-0.2, -0.15) is 0 Å². The van der Waals surface area contributed by atoms with Gasteiger partial charge < -0.3 is 9.67 Å². The van der Waals surface area contributed by atoms with E-state index in [-0.39, 0.29) is 6.04 Å². The molecule has 3 aromatic rings. The molecule has 1 unspecified atom stereocenters. The van der Waals surface area contributed by atoms with Crippen molar-refractivity contribution in [3.63, 3.8) is 0 Å². The summed E-state index contributed by atoms with van der Waals surface area (Å²) in [6.45, 7) is 2.83. The van der Waals surface area contributed by atoms with Gasteiger partial charge in [-0.15, -0.1) is 0 Å². The quantitative estimate of drug-likeness (QED) is 0.705. The Labute approximate surface area is 160 Å². The minimum atomic E-state index is -0.397. The van der Waals surface area contributed by atoms with Crippen molar-refractivity contribution in [2.75, 3.05) is 0 Å². The lowest BCUT2D eigenvalue weighted by Gasteiger charge is -2.47. The Morgan fingerprint density at radius 2 is 1.78 bits per heavy atom. The Bertz CT molecular complexity index is 1020. The fourth-order valence-corrected chi connectivity index (χ4v) is 5.22. The van der Waals surface area contributed by atoms with Crippen molar-refractivity contribution in [2.24, 2.45) is 7.05 Å². The lowest BCUT2D eigenvalue weighted by molar-refractivity contribution is 0.0901. The third-order valence-electron chi connectivity index (χ3n) is 6.43. The van der Waals surface area contributed by atoms with Crippen molar-refractivity contribution in [1.82, 2.24) is 9.47 Å². The molecule has 138 valence electrons. The van der Waals surface area contributed by atoms with E-state index in [1.54, 1.807) is 0 Å². The van der Waals surface area contributed by atoms with Crippen LogP contribution in [-0.2, 0) is 20.0 Å². The van der Waals surface area contributed by atoms with Gasteiger partial charge in [-0.25, -0.2) is 0 Å². The van der Waals surface area contributed by atoms with Crippen LogP contribution < -0.4 is 0 Å². The zero-order chi connectivity index (χ0) is 18.5. The largest absolute Gasteiger partial charge is 0.389 e. The maximum atomic E-state index is 10.4. The number of benzene rings is 2. The average Bonchev–Trinajstić information content (AvgIpc) is 2.95. The topological polar surface area (TPSA) is 28.4 Å². The van der Waals surface area contributed by atoms with Crippen molar-refractivity contribution in [2.45, 2.75) is 44.5 Å². The highest BCUT2D eigenvalue weighted by Gasteiger charge is 2.42. The van der Waals surface area contributed by atoms with Gasteiger partial charge in [-0.1, -0.05) is 54.6 Å². The molecule has 27 heavy (non-hydrogen) atoms. The van der Waals surface area contributed by atoms with E-state index in [0.29, 0.717) is 6.04 Å². The number of aliphatic hydroxyl groups excluding tert-OH is 1. The molecule has 2 aliphatic heterocycles. The van der Waals surface area contributed by atoms with Gasteiger partial charge in [0.1, 0.15) is 0 Å². The fourth-order valence-electron chi connectivity index (χ4n) is 5.22. The summed E-state index contributed by atoms with van der Waals surface area (Å²) in [7, 11) is 2.20. The summed E-state index contributed by atoms with van der Waals surface area (Å²) in [5, 5.41) is 11.8. The standard InChI is InChI=1S/C24H26N2O/c1-16(27)18-12-13-22-24-20(19-10-6-7-11-21(19)25(24)2)14-23(18)26(22)15-17-8-4-3-5-9-17/h3-12,16,22-23,27H,13-15H2,1-2H3/t16?,22-,23-/m0/s1. The Kier molecular flexibility index (Phi) is 3.96. The van der Waals surface area contributed by atoms with Crippen LogP contribution in [0, 0.1) is 0 Å². The fraction of sp³-hybridized carbons (Fsp3) is 0.333. The summed E-state index contributed by atoms with van der Waals surface area (Å²) in [4.78, 5) is 2.61. The normalized spacial score (nSPS) is 23.1. The lowest BCUT2D eigenvalue weighted by atomic mass is 9.80. The number of aryl methyl sites for hydroxylation is 1. The molecule has 3 heterocycles. The van der Waals surface area contributed by atoms with Crippen LogP contribution in [-0.4, -0.2) is 26.7 Å². The highest BCUT2D eigenvalue weighted by atomic mass is 16.3. The summed E-state index contributed by atoms with van der Waals surface area (Å²) in [5.74, 6) is 0. The van der Waals surface area contributed by atoms with Crippen LogP contribution in [0.3, 0.4) is 0 Å². The third kappa shape index (κ3) is 2.57. The second-order valence-corrected chi connectivity index (χ2v) is 7.95. The first-order valence-electron chi connectivity index (χ1n) is 9.89. The Morgan fingerprint density at radius 3 is 2.56 bits per heavy atom.